The van der Waals surface area contributed by atoms with E-state index >= 15 is 0 Å². The first-order valence-corrected chi connectivity index (χ1v) is 12.0. The number of hydrogen-bond acceptors (Lipinski definition) is 4. The van der Waals surface area contributed by atoms with Crippen LogP contribution in [0.15, 0.2) is 34.2 Å². The molecule has 156 valence electrons. The number of para-hydroxylation sites is 1. The summed E-state index contributed by atoms with van der Waals surface area (Å²) in [6.07, 6.45) is 10.2. The summed E-state index contributed by atoms with van der Waals surface area (Å²) < 4.78 is 1.90. The van der Waals surface area contributed by atoms with Gasteiger partial charge in [0.05, 0.1) is 16.2 Å². The number of likely N-dealkylation sites (tertiary alicyclic amines) is 1. The van der Waals surface area contributed by atoms with Crippen LogP contribution in [0, 0.1) is 0 Å². The summed E-state index contributed by atoms with van der Waals surface area (Å²) in [5, 5.41) is 1.14. The van der Waals surface area contributed by atoms with E-state index in [0.29, 0.717) is 10.5 Å². The molecule has 2 heterocycles. The molecular weight excluding hydrogens is 382 g/mol. The fourth-order valence-electron chi connectivity index (χ4n) is 4.63. The number of carbonyl (C=O) groups is 1. The van der Waals surface area contributed by atoms with Crippen LogP contribution in [0.2, 0.25) is 0 Å². The Morgan fingerprint density at radius 1 is 1.03 bits per heavy atom. The van der Waals surface area contributed by atoms with Crippen molar-refractivity contribution in [3.05, 3.63) is 34.6 Å². The van der Waals surface area contributed by atoms with E-state index in [0.717, 1.165) is 57.1 Å². The number of carbonyl (C=O) groups excluding carboxylic acids is 1. The minimum atomic E-state index is -0.240. The molecule has 6 heteroatoms. The van der Waals surface area contributed by atoms with Gasteiger partial charge in [0.2, 0.25) is 5.91 Å². The van der Waals surface area contributed by atoms with E-state index in [1.54, 1.807) is 0 Å². The highest BCUT2D eigenvalue weighted by Crippen LogP contribution is 2.32. The molecule has 1 atom stereocenters. The van der Waals surface area contributed by atoms with Crippen LogP contribution in [0.4, 0.5) is 0 Å². The number of fused-ring (bicyclic) bond motifs is 1. The molecule has 2 aliphatic rings. The smallest absolute Gasteiger partial charge is 0.262 e. The lowest BCUT2D eigenvalue weighted by Crippen LogP contribution is -2.38. The maximum atomic E-state index is 13.4. The first-order chi connectivity index (χ1) is 14.1. The van der Waals surface area contributed by atoms with Crippen LogP contribution in [-0.4, -0.2) is 38.7 Å². The summed E-state index contributed by atoms with van der Waals surface area (Å²) in [6, 6.07) is 7.77. The second-order valence-electron chi connectivity index (χ2n) is 8.38. The zero-order chi connectivity index (χ0) is 20.2. The van der Waals surface area contributed by atoms with Crippen LogP contribution < -0.4 is 5.56 Å². The second-order valence-corrected chi connectivity index (χ2v) is 9.69. The van der Waals surface area contributed by atoms with Gasteiger partial charge >= 0.3 is 0 Å². The molecule has 29 heavy (non-hydrogen) atoms. The molecule has 1 amide bonds. The average Bonchev–Trinajstić information content (AvgIpc) is 3.03. The van der Waals surface area contributed by atoms with Crippen molar-refractivity contribution in [3.63, 3.8) is 0 Å². The van der Waals surface area contributed by atoms with Crippen molar-refractivity contribution in [2.24, 2.45) is 0 Å². The Bertz CT molecular complexity index is 912. The molecule has 2 aromatic rings. The fraction of sp³-hybridized carbons (Fsp3) is 0.609. The summed E-state index contributed by atoms with van der Waals surface area (Å²) in [5.41, 5.74) is 0.765. The maximum absolute atomic E-state index is 13.4. The van der Waals surface area contributed by atoms with Gasteiger partial charge in [-0.3, -0.25) is 14.2 Å². The Hall–Kier alpha value is -1.82. The normalized spacial score (nSPS) is 19.8. The van der Waals surface area contributed by atoms with E-state index in [1.807, 2.05) is 40.7 Å². The van der Waals surface area contributed by atoms with Crippen LogP contribution in [0.1, 0.15) is 70.8 Å². The highest BCUT2D eigenvalue weighted by molar-refractivity contribution is 8.00. The molecule has 2 fully saturated rings. The number of amides is 1. The molecule has 1 saturated heterocycles. The van der Waals surface area contributed by atoms with Gasteiger partial charge in [0, 0.05) is 19.1 Å². The van der Waals surface area contributed by atoms with Gasteiger partial charge in [-0.25, -0.2) is 4.98 Å². The highest BCUT2D eigenvalue weighted by Gasteiger charge is 2.27. The average molecular weight is 414 g/mol. The Kier molecular flexibility index (Phi) is 6.58. The van der Waals surface area contributed by atoms with Crippen LogP contribution in [0.3, 0.4) is 0 Å². The van der Waals surface area contributed by atoms with E-state index in [-0.39, 0.29) is 22.8 Å². The molecule has 1 aromatic carbocycles. The van der Waals surface area contributed by atoms with Crippen molar-refractivity contribution < 1.29 is 4.79 Å². The number of hydrogen-bond donors (Lipinski definition) is 0. The van der Waals surface area contributed by atoms with Gasteiger partial charge in [0.1, 0.15) is 0 Å². The van der Waals surface area contributed by atoms with Gasteiger partial charge in [-0.1, -0.05) is 56.0 Å². The SMILES string of the molecule is CC(Sc1nc2ccccc2c(=O)n1C1CCCCC1)C(=O)N1CCCCCC1. The number of thioether (sulfide) groups is 1. The van der Waals surface area contributed by atoms with Crippen LogP contribution in [0.25, 0.3) is 10.9 Å². The van der Waals surface area contributed by atoms with Crippen LogP contribution in [-0.2, 0) is 4.79 Å². The molecule has 0 bridgehead atoms. The molecule has 1 aliphatic heterocycles. The van der Waals surface area contributed by atoms with Gasteiger partial charge in [-0.15, -0.1) is 0 Å². The van der Waals surface area contributed by atoms with Gasteiger partial charge < -0.3 is 4.90 Å². The third-order valence-electron chi connectivity index (χ3n) is 6.26. The Labute approximate surface area is 176 Å². The van der Waals surface area contributed by atoms with E-state index in [4.69, 9.17) is 4.98 Å². The lowest BCUT2D eigenvalue weighted by atomic mass is 9.95. The molecule has 0 N–H and O–H groups in total. The van der Waals surface area contributed by atoms with Gasteiger partial charge in [0.15, 0.2) is 5.16 Å². The number of aromatic nitrogens is 2. The van der Waals surface area contributed by atoms with Crippen molar-refractivity contribution in [1.29, 1.82) is 0 Å². The van der Waals surface area contributed by atoms with Crippen molar-refractivity contribution in [3.8, 4) is 0 Å². The standard InChI is InChI=1S/C23H31N3O2S/c1-17(21(27)25-15-9-2-3-10-16-25)29-23-24-20-14-8-7-13-19(20)22(28)26(23)18-11-5-4-6-12-18/h7-8,13-14,17-18H,2-6,9-12,15-16H2,1H3. The third-order valence-corrected chi connectivity index (χ3v) is 7.32. The number of rotatable bonds is 4. The lowest BCUT2D eigenvalue weighted by molar-refractivity contribution is -0.130. The molecule has 1 unspecified atom stereocenters. The molecule has 1 aromatic heterocycles. The Morgan fingerprint density at radius 3 is 2.41 bits per heavy atom. The molecular formula is C23H31N3O2S. The number of nitrogens with zero attached hydrogens (tertiary/aromatic N) is 3. The molecule has 1 aliphatic carbocycles. The maximum Gasteiger partial charge on any atom is 0.262 e. The van der Waals surface area contributed by atoms with Crippen molar-refractivity contribution in [2.75, 3.05) is 13.1 Å². The minimum absolute atomic E-state index is 0.0411. The van der Waals surface area contributed by atoms with E-state index in [1.165, 1.54) is 31.0 Å². The Balaban J connectivity index is 1.66. The fourth-order valence-corrected chi connectivity index (χ4v) is 5.69. The monoisotopic (exact) mass is 413 g/mol. The molecule has 1 saturated carbocycles. The van der Waals surface area contributed by atoms with E-state index < -0.39 is 0 Å². The van der Waals surface area contributed by atoms with Crippen molar-refractivity contribution >= 4 is 28.6 Å². The highest BCUT2D eigenvalue weighted by atomic mass is 32.2. The summed E-state index contributed by atoms with van der Waals surface area (Å²) in [5.74, 6) is 0.175. The molecule has 0 spiro atoms. The summed E-state index contributed by atoms with van der Waals surface area (Å²) >= 11 is 1.46. The predicted molar refractivity (Wildman–Crippen MR) is 118 cm³/mol. The largest absolute Gasteiger partial charge is 0.342 e. The van der Waals surface area contributed by atoms with Crippen LogP contribution >= 0.6 is 11.8 Å². The van der Waals surface area contributed by atoms with E-state index in [9.17, 15) is 9.59 Å². The van der Waals surface area contributed by atoms with Gasteiger partial charge in [-0.2, -0.15) is 0 Å². The second kappa shape index (κ2) is 9.33. The van der Waals surface area contributed by atoms with Crippen molar-refractivity contribution in [1.82, 2.24) is 14.5 Å². The molecule has 4 rings (SSSR count). The Morgan fingerprint density at radius 2 is 1.69 bits per heavy atom. The first kappa shape index (κ1) is 20.5. The molecule has 5 nitrogen and oxygen atoms in total. The summed E-state index contributed by atoms with van der Waals surface area (Å²) in [7, 11) is 0. The van der Waals surface area contributed by atoms with Crippen molar-refractivity contribution in [2.45, 2.75) is 81.2 Å². The zero-order valence-electron chi connectivity index (χ0n) is 17.3. The van der Waals surface area contributed by atoms with Crippen LogP contribution in [0.5, 0.6) is 0 Å². The molecule has 0 radical (unpaired) electrons. The number of benzene rings is 1. The minimum Gasteiger partial charge on any atom is -0.342 e. The predicted octanol–water partition coefficient (Wildman–Crippen LogP) is 4.78. The quantitative estimate of drug-likeness (QED) is 0.534. The van der Waals surface area contributed by atoms with Gasteiger partial charge in [0.25, 0.3) is 5.56 Å². The lowest BCUT2D eigenvalue weighted by Gasteiger charge is -2.28. The topological polar surface area (TPSA) is 55.2 Å². The first-order valence-electron chi connectivity index (χ1n) is 11.1. The summed E-state index contributed by atoms with van der Waals surface area (Å²) in [4.78, 5) is 33.3. The zero-order valence-corrected chi connectivity index (χ0v) is 18.1. The van der Waals surface area contributed by atoms with Gasteiger partial charge in [-0.05, 0) is 44.7 Å². The summed E-state index contributed by atoms with van der Waals surface area (Å²) in [6.45, 7) is 3.67. The third kappa shape index (κ3) is 4.52. The van der Waals surface area contributed by atoms with E-state index in [2.05, 4.69) is 0 Å².